The highest BCUT2D eigenvalue weighted by Gasteiger charge is 2.07. The minimum absolute atomic E-state index is 0.410. The maximum Gasteiger partial charge on any atom is 0.198 e. The van der Waals surface area contributed by atoms with Crippen molar-refractivity contribution in [1.29, 1.82) is 0 Å². The van der Waals surface area contributed by atoms with E-state index in [-0.39, 0.29) is 0 Å². The van der Waals surface area contributed by atoms with Gasteiger partial charge in [0, 0.05) is 0 Å². The monoisotopic (exact) mass is 342 g/mol. The average molecular weight is 345 g/mol. The first-order chi connectivity index (χ1) is 5.15. The van der Waals surface area contributed by atoms with Crippen LogP contribution in [-0.2, 0) is 0 Å². The molecule has 0 saturated carbocycles. The van der Waals surface area contributed by atoms with Gasteiger partial charge in [0.15, 0.2) is 11.0 Å². The second-order valence-electron chi connectivity index (χ2n) is 1.61. The van der Waals surface area contributed by atoms with E-state index in [9.17, 15) is 4.79 Å². The molecule has 0 spiro atoms. The van der Waals surface area contributed by atoms with Crippen LogP contribution in [0.1, 0.15) is 10.4 Å². The molecule has 0 radical (unpaired) electrons. The second kappa shape index (κ2) is 3.73. The highest BCUT2D eigenvalue weighted by atomic mass is 79.9. The molecule has 11 heavy (non-hydrogen) atoms. The summed E-state index contributed by atoms with van der Waals surface area (Å²) in [6, 6.07) is 0. The lowest BCUT2D eigenvalue weighted by molar-refractivity contribution is 0.112. The highest BCUT2D eigenvalue weighted by molar-refractivity contribution is 9.11. The van der Waals surface area contributed by atoms with Gasteiger partial charge in [0.2, 0.25) is 0 Å². The Bertz CT molecular complexity index is 279. The highest BCUT2D eigenvalue weighted by Crippen LogP contribution is 2.21. The van der Waals surface area contributed by atoms with Crippen molar-refractivity contribution in [2.75, 3.05) is 0 Å². The Morgan fingerprint density at radius 1 is 1.09 bits per heavy atom. The van der Waals surface area contributed by atoms with Crippen molar-refractivity contribution in [2.24, 2.45) is 0 Å². The Hall–Kier alpha value is 0.190. The van der Waals surface area contributed by atoms with Gasteiger partial charge in [-0.1, -0.05) is 0 Å². The third-order valence-electron chi connectivity index (χ3n) is 0.943. The Balaban J connectivity index is 3.36. The zero-order chi connectivity index (χ0) is 8.43. The van der Waals surface area contributed by atoms with Crippen LogP contribution < -0.4 is 0 Å². The standard InChI is InChI=1S/C5HBr3N2O/c6-3-2(1-11)4(7)10-5(8)9-3/h1H. The normalized spacial score (nSPS) is 9.73. The van der Waals surface area contributed by atoms with Gasteiger partial charge in [-0.25, -0.2) is 9.97 Å². The van der Waals surface area contributed by atoms with Crippen molar-refractivity contribution in [3.8, 4) is 0 Å². The van der Waals surface area contributed by atoms with Crippen LogP contribution in [0, 0.1) is 0 Å². The third kappa shape index (κ3) is 2.07. The molecular formula is C5HBr3N2O. The number of hydrogen-bond donors (Lipinski definition) is 0. The Labute approximate surface area is 88.0 Å². The molecule has 3 nitrogen and oxygen atoms in total. The van der Waals surface area contributed by atoms with E-state index in [1.807, 2.05) is 0 Å². The van der Waals surface area contributed by atoms with E-state index in [0.717, 1.165) is 0 Å². The maximum atomic E-state index is 10.4. The van der Waals surface area contributed by atoms with Gasteiger partial charge in [0.05, 0.1) is 5.56 Å². The Morgan fingerprint density at radius 2 is 1.55 bits per heavy atom. The quantitative estimate of drug-likeness (QED) is 0.447. The van der Waals surface area contributed by atoms with Gasteiger partial charge >= 0.3 is 0 Å². The van der Waals surface area contributed by atoms with E-state index in [1.165, 1.54) is 0 Å². The molecule has 0 N–H and O–H groups in total. The Kier molecular flexibility index (Phi) is 3.15. The number of carbonyl (C=O) groups is 1. The van der Waals surface area contributed by atoms with Gasteiger partial charge in [-0.3, -0.25) is 4.79 Å². The predicted octanol–water partition coefficient (Wildman–Crippen LogP) is 2.58. The van der Waals surface area contributed by atoms with E-state index >= 15 is 0 Å². The summed E-state index contributed by atoms with van der Waals surface area (Å²) in [7, 11) is 0. The fraction of sp³-hybridized carbons (Fsp3) is 0. The number of nitrogens with zero attached hydrogens (tertiary/aromatic N) is 2. The molecule has 0 amide bonds. The van der Waals surface area contributed by atoms with Crippen molar-refractivity contribution < 1.29 is 4.79 Å². The smallest absolute Gasteiger partial charge is 0.198 e. The van der Waals surface area contributed by atoms with E-state index in [1.54, 1.807) is 0 Å². The summed E-state index contributed by atoms with van der Waals surface area (Å²) in [5.41, 5.74) is 0.410. The largest absolute Gasteiger partial charge is 0.298 e. The first kappa shape index (κ1) is 9.28. The molecule has 1 rings (SSSR count). The zero-order valence-corrected chi connectivity index (χ0v) is 9.77. The lowest BCUT2D eigenvalue weighted by atomic mass is 10.4. The molecule has 0 bridgehead atoms. The van der Waals surface area contributed by atoms with Crippen LogP contribution in [0.2, 0.25) is 0 Å². The number of hydrogen-bond acceptors (Lipinski definition) is 3. The molecule has 1 aromatic rings. The van der Waals surface area contributed by atoms with Gasteiger partial charge < -0.3 is 0 Å². The molecule has 58 valence electrons. The molecule has 6 heteroatoms. The summed E-state index contributed by atoms with van der Waals surface area (Å²) < 4.78 is 1.38. The average Bonchev–Trinajstić information content (AvgIpc) is 1.85. The van der Waals surface area contributed by atoms with Crippen LogP contribution in [0.25, 0.3) is 0 Å². The summed E-state index contributed by atoms with van der Waals surface area (Å²) in [6.07, 6.45) is 0.681. The van der Waals surface area contributed by atoms with Gasteiger partial charge in [-0.05, 0) is 47.8 Å². The first-order valence-electron chi connectivity index (χ1n) is 2.49. The van der Waals surface area contributed by atoms with Crippen molar-refractivity contribution >= 4 is 54.1 Å². The Morgan fingerprint density at radius 3 is 1.91 bits per heavy atom. The molecule has 0 aliphatic carbocycles. The predicted molar refractivity (Wildman–Crippen MR) is 50.5 cm³/mol. The van der Waals surface area contributed by atoms with Gasteiger partial charge in [-0.15, -0.1) is 0 Å². The minimum Gasteiger partial charge on any atom is -0.298 e. The number of carbonyl (C=O) groups excluding carboxylic acids is 1. The van der Waals surface area contributed by atoms with Gasteiger partial charge in [-0.2, -0.15) is 0 Å². The van der Waals surface area contributed by atoms with Crippen LogP contribution in [0.15, 0.2) is 13.9 Å². The van der Waals surface area contributed by atoms with E-state index in [4.69, 9.17) is 0 Å². The van der Waals surface area contributed by atoms with Crippen LogP contribution in [0.4, 0.5) is 0 Å². The summed E-state index contributed by atoms with van der Waals surface area (Å²) >= 11 is 9.31. The summed E-state index contributed by atoms with van der Waals surface area (Å²) in [6.45, 7) is 0. The maximum absolute atomic E-state index is 10.4. The second-order valence-corrected chi connectivity index (χ2v) is 3.82. The van der Waals surface area contributed by atoms with Gasteiger partial charge in [0.1, 0.15) is 9.21 Å². The van der Waals surface area contributed by atoms with Crippen molar-refractivity contribution in [1.82, 2.24) is 9.97 Å². The fourth-order valence-corrected chi connectivity index (χ4v) is 2.48. The zero-order valence-electron chi connectivity index (χ0n) is 5.01. The van der Waals surface area contributed by atoms with Gasteiger partial charge in [0.25, 0.3) is 0 Å². The minimum atomic E-state index is 0.410. The molecule has 0 fully saturated rings. The van der Waals surface area contributed by atoms with E-state index in [2.05, 4.69) is 57.8 Å². The topological polar surface area (TPSA) is 42.9 Å². The number of aldehydes is 1. The lowest BCUT2D eigenvalue weighted by Crippen LogP contribution is -1.93. The number of rotatable bonds is 1. The van der Waals surface area contributed by atoms with Crippen molar-refractivity contribution in [2.45, 2.75) is 0 Å². The number of halogens is 3. The van der Waals surface area contributed by atoms with Crippen molar-refractivity contribution in [3.05, 3.63) is 19.5 Å². The molecule has 0 aliphatic heterocycles. The molecule has 1 heterocycles. The van der Waals surface area contributed by atoms with E-state index in [0.29, 0.717) is 25.8 Å². The molecule has 0 saturated heterocycles. The first-order valence-corrected chi connectivity index (χ1v) is 4.86. The molecule has 0 unspecified atom stereocenters. The SMILES string of the molecule is O=Cc1c(Br)nc(Br)nc1Br. The molecule has 0 atom stereocenters. The third-order valence-corrected chi connectivity index (χ3v) is 2.51. The molecule has 0 aromatic carbocycles. The number of aromatic nitrogens is 2. The molecule has 1 aromatic heterocycles. The van der Waals surface area contributed by atoms with E-state index < -0.39 is 0 Å². The van der Waals surface area contributed by atoms with Crippen LogP contribution in [0.5, 0.6) is 0 Å². The van der Waals surface area contributed by atoms with Crippen molar-refractivity contribution in [3.63, 3.8) is 0 Å². The molecular weight excluding hydrogens is 344 g/mol. The van der Waals surface area contributed by atoms with Crippen LogP contribution in [-0.4, -0.2) is 16.3 Å². The molecule has 0 aliphatic rings. The summed E-state index contributed by atoms with van der Waals surface area (Å²) in [4.78, 5) is 18.1. The summed E-state index contributed by atoms with van der Waals surface area (Å²) in [5, 5.41) is 0. The summed E-state index contributed by atoms with van der Waals surface area (Å²) in [5.74, 6) is 0. The van der Waals surface area contributed by atoms with Crippen LogP contribution >= 0.6 is 47.8 Å². The van der Waals surface area contributed by atoms with Crippen LogP contribution in [0.3, 0.4) is 0 Å². The lowest BCUT2D eigenvalue weighted by Gasteiger charge is -1.97. The fourth-order valence-electron chi connectivity index (χ4n) is 0.490.